The maximum absolute atomic E-state index is 5.27. The second-order valence-electron chi connectivity index (χ2n) is 7.00. The molecular formula is C20H29N5O. The maximum Gasteiger partial charge on any atom is 0.191 e. The van der Waals surface area contributed by atoms with E-state index in [1.54, 1.807) is 13.3 Å². The van der Waals surface area contributed by atoms with Crippen LogP contribution in [-0.2, 0) is 11.3 Å². The van der Waals surface area contributed by atoms with Crippen molar-refractivity contribution in [2.45, 2.75) is 32.2 Å². The molecule has 0 radical (unpaired) electrons. The van der Waals surface area contributed by atoms with Crippen molar-refractivity contribution in [3.8, 4) is 5.69 Å². The van der Waals surface area contributed by atoms with E-state index in [0.29, 0.717) is 5.41 Å². The van der Waals surface area contributed by atoms with Crippen LogP contribution >= 0.6 is 0 Å². The number of benzene rings is 1. The molecule has 0 atom stereocenters. The smallest absolute Gasteiger partial charge is 0.191 e. The lowest BCUT2D eigenvalue weighted by atomic mass is 9.67. The molecule has 2 aromatic rings. The molecule has 1 aliphatic carbocycles. The lowest BCUT2D eigenvalue weighted by molar-refractivity contribution is 0.0732. The van der Waals surface area contributed by atoms with E-state index in [2.05, 4.69) is 45.0 Å². The third kappa shape index (κ3) is 4.64. The molecule has 0 aliphatic heterocycles. The molecule has 1 aliphatic rings. The van der Waals surface area contributed by atoms with E-state index in [-0.39, 0.29) is 0 Å². The molecule has 0 bridgehead atoms. The van der Waals surface area contributed by atoms with E-state index in [4.69, 9.17) is 4.74 Å². The van der Waals surface area contributed by atoms with E-state index in [9.17, 15) is 0 Å². The van der Waals surface area contributed by atoms with Crippen LogP contribution < -0.4 is 10.6 Å². The van der Waals surface area contributed by atoms with E-state index in [0.717, 1.165) is 37.8 Å². The van der Waals surface area contributed by atoms with Gasteiger partial charge in [-0.25, -0.2) is 4.68 Å². The minimum Gasteiger partial charge on any atom is -0.385 e. The van der Waals surface area contributed by atoms with Gasteiger partial charge >= 0.3 is 0 Å². The molecular weight excluding hydrogens is 326 g/mol. The quantitative estimate of drug-likeness (QED) is 0.565. The number of aromatic nitrogens is 2. The molecule has 26 heavy (non-hydrogen) atoms. The van der Waals surface area contributed by atoms with Crippen molar-refractivity contribution < 1.29 is 4.74 Å². The Kier molecular flexibility index (Phi) is 6.28. The van der Waals surface area contributed by atoms with Gasteiger partial charge in [0.25, 0.3) is 0 Å². The Morgan fingerprint density at radius 3 is 2.85 bits per heavy atom. The molecule has 1 aromatic carbocycles. The first-order valence-corrected chi connectivity index (χ1v) is 9.27. The molecule has 2 N–H and O–H groups in total. The Morgan fingerprint density at radius 2 is 2.19 bits per heavy atom. The summed E-state index contributed by atoms with van der Waals surface area (Å²) in [6, 6.07) is 10.3. The van der Waals surface area contributed by atoms with Crippen LogP contribution in [0.4, 0.5) is 0 Å². The monoisotopic (exact) mass is 355 g/mol. The summed E-state index contributed by atoms with van der Waals surface area (Å²) in [5.74, 6) is 0.846. The Morgan fingerprint density at radius 1 is 1.31 bits per heavy atom. The third-order valence-electron chi connectivity index (χ3n) is 5.24. The summed E-state index contributed by atoms with van der Waals surface area (Å²) in [6.45, 7) is 2.50. The summed E-state index contributed by atoms with van der Waals surface area (Å²) >= 11 is 0. The topological polar surface area (TPSA) is 63.5 Å². The molecule has 0 saturated heterocycles. The van der Waals surface area contributed by atoms with Crippen molar-refractivity contribution >= 4 is 5.96 Å². The zero-order chi connectivity index (χ0) is 18.2. The largest absolute Gasteiger partial charge is 0.385 e. The molecule has 6 heteroatoms. The van der Waals surface area contributed by atoms with Crippen molar-refractivity contribution in [3.63, 3.8) is 0 Å². The van der Waals surface area contributed by atoms with Crippen molar-refractivity contribution in [1.29, 1.82) is 0 Å². The normalized spacial score (nSPS) is 16.2. The minimum atomic E-state index is 0.369. The number of nitrogens with one attached hydrogen (secondary N) is 2. The van der Waals surface area contributed by atoms with E-state index < -0.39 is 0 Å². The molecule has 1 aromatic heterocycles. The van der Waals surface area contributed by atoms with Crippen molar-refractivity contribution in [3.05, 3.63) is 48.3 Å². The Balaban J connectivity index is 1.52. The number of guanidine groups is 1. The van der Waals surface area contributed by atoms with Gasteiger partial charge in [-0.15, -0.1) is 0 Å². The van der Waals surface area contributed by atoms with Crippen LogP contribution in [0.3, 0.4) is 0 Å². The molecule has 1 heterocycles. The van der Waals surface area contributed by atoms with Crippen LogP contribution in [-0.4, -0.2) is 43.0 Å². The van der Waals surface area contributed by atoms with Gasteiger partial charge < -0.3 is 15.4 Å². The Labute approximate surface area is 155 Å². The molecule has 0 unspecified atom stereocenters. The van der Waals surface area contributed by atoms with Gasteiger partial charge in [-0.3, -0.25) is 4.99 Å². The fourth-order valence-electron chi connectivity index (χ4n) is 3.42. The number of hydrogen-bond donors (Lipinski definition) is 2. The molecule has 3 rings (SSSR count). The molecule has 0 amide bonds. The fourth-order valence-corrected chi connectivity index (χ4v) is 3.42. The van der Waals surface area contributed by atoms with Gasteiger partial charge in [0.15, 0.2) is 5.96 Å². The molecule has 6 nitrogen and oxygen atoms in total. The number of aliphatic imine (C=N–C) groups is 1. The zero-order valence-corrected chi connectivity index (χ0v) is 15.7. The van der Waals surface area contributed by atoms with Gasteiger partial charge in [-0.2, -0.15) is 5.10 Å². The first kappa shape index (κ1) is 18.5. The third-order valence-corrected chi connectivity index (χ3v) is 5.24. The SMILES string of the molecule is CN=C(NCc1cccc(-n2cccn2)c1)NCC1(CCOC)CCC1. The highest BCUT2D eigenvalue weighted by atomic mass is 16.5. The average molecular weight is 355 g/mol. The summed E-state index contributed by atoms with van der Waals surface area (Å²) in [5.41, 5.74) is 2.62. The second kappa shape index (κ2) is 8.85. The van der Waals surface area contributed by atoms with Crippen LogP contribution in [0.5, 0.6) is 0 Å². The molecule has 140 valence electrons. The van der Waals surface area contributed by atoms with Gasteiger partial charge in [0.05, 0.1) is 5.69 Å². The average Bonchev–Trinajstić information content (AvgIpc) is 3.18. The standard InChI is InChI=1S/C20H29N5O/c1-21-19(23-16-20(8-4-9-20)10-13-26-2)22-15-17-6-3-7-18(14-17)25-12-5-11-24-25/h3,5-7,11-12,14H,4,8-10,13,15-16H2,1-2H3,(H2,21,22,23). The van der Waals surface area contributed by atoms with Crippen LogP contribution in [0, 0.1) is 5.41 Å². The Hall–Kier alpha value is -2.34. The highest BCUT2D eigenvalue weighted by Crippen LogP contribution is 2.43. The Bertz CT molecular complexity index is 707. The second-order valence-corrected chi connectivity index (χ2v) is 7.00. The van der Waals surface area contributed by atoms with Crippen LogP contribution in [0.2, 0.25) is 0 Å². The van der Waals surface area contributed by atoms with Crippen molar-refractivity contribution in [2.24, 2.45) is 10.4 Å². The van der Waals surface area contributed by atoms with Gasteiger partial charge in [-0.1, -0.05) is 18.6 Å². The summed E-state index contributed by atoms with van der Waals surface area (Å²) in [6.07, 6.45) is 8.71. The van der Waals surface area contributed by atoms with Crippen LogP contribution in [0.1, 0.15) is 31.2 Å². The molecule has 0 spiro atoms. The number of hydrogen-bond acceptors (Lipinski definition) is 3. The van der Waals surface area contributed by atoms with Crippen molar-refractivity contribution in [2.75, 3.05) is 27.3 Å². The summed E-state index contributed by atoms with van der Waals surface area (Å²) in [7, 11) is 3.59. The number of nitrogens with zero attached hydrogens (tertiary/aromatic N) is 3. The van der Waals surface area contributed by atoms with E-state index in [1.165, 1.54) is 24.8 Å². The number of rotatable bonds is 8. The molecule has 1 saturated carbocycles. The van der Waals surface area contributed by atoms with Crippen LogP contribution in [0.15, 0.2) is 47.7 Å². The van der Waals surface area contributed by atoms with Crippen LogP contribution in [0.25, 0.3) is 5.69 Å². The van der Waals surface area contributed by atoms with E-state index >= 15 is 0 Å². The van der Waals surface area contributed by atoms with Gasteiger partial charge in [0.2, 0.25) is 0 Å². The highest BCUT2D eigenvalue weighted by Gasteiger charge is 2.36. The zero-order valence-electron chi connectivity index (χ0n) is 15.7. The number of ether oxygens (including phenoxy) is 1. The number of methoxy groups -OCH3 is 1. The minimum absolute atomic E-state index is 0.369. The predicted octanol–water partition coefficient (Wildman–Crippen LogP) is 2.74. The lowest BCUT2D eigenvalue weighted by Crippen LogP contribution is -2.46. The lowest BCUT2D eigenvalue weighted by Gasteiger charge is -2.42. The van der Waals surface area contributed by atoms with Gasteiger partial charge in [0, 0.05) is 46.2 Å². The highest BCUT2D eigenvalue weighted by molar-refractivity contribution is 5.79. The molecule has 1 fully saturated rings. The van der Waals surface area contributed by atoms with E-state index in [1.807, 2.05) is 24.0 Å². The predicted molar refractivity (Wildman–Crippen MR) is 105 cm³/mol. The summed E-state index contributed by atoms with van der Waals surface area (Å²) in [4.78, 5) is 4.36. The first-order valence-electron chi connectivity index (χ1n) is 9.27. The summed E-state index contributed by atoms with van der Waals surface area (Å²) < 4.78 is 7.14. The fraction of sp³-hybridized carbons (Fsp3) is 0.500. The van der Waals surface area contributed by atoms with Gasteiger partial charge in [-0.05, 0) is 48.4 Å². The summed E-state index contributed by atoms with van der Waals surface area (Å²) in [5, 5.41) is 11.2. The van der Waals surface area contributed by atoms with Crippen molar-refractivity contribution in [1.82, 2.24) is 20.4 Å². The first-order chi connectivity index (χ1) is 12.7. The maximum atomic E-state index is 5.27. The van der Waals surface area contributed by atoms with Gasteiger partial charge in [0.1, 0.15) is 0 Å².